The molecule has 0 aromatic heterocycles. The zero-order valence-corrected chi connectivity index (χ0v) is 31.1. The Morgan fingerprint density at radius 1 is 0.553 bits per heavy atom. The maximum atomic E-state index is 13.3. The van der Waals surface area contributed by atoms with Crippen molar-refractivity contribution in [3.63, 3.8) is 0 Å². The van der Waals surface area contributed by atoms with Crippen molar-refractivity contribution < 1.29 is 4.79 Å². The van der Waals surface area contributed by atoms with Crippen LogP contribution in [-0.4, -0.2) is 10.8 Å². The summed E-state index contributed by atoms with van der Waals surface area (Å²) in [5.41, 5.74) is 1.08. The van der Waals surface area contributed by atoms with Gasteiger partial charge < -0.3 is 0 Å². The van der Waals surface area contributed by atoms with Crippen molar-refractivity contribution in [2.24, 2.45) is 0 Å². The lowest BCUT2D eigenvalue weighted by Crippen LogP contribution is -2.20. The van der Waals surface area contributed by atoms with E-state index in [1.165, 1.54) is 180 Å². The van der Waals surface area contributed by atoms with Gasteiger partial charge in [0.1, 0.15) is 0 Å². The first-order chi connectivity index (χ1) is 23.2. The molecule has 1 rings (SSSR count). The van der Waals surface area contributed by atoms with Crippen LogP contribution < -0.4 is 0 Å². The number of nitriles is 1. The summed E-state index contributed by atoms with van der Waals surface area (Å²) in [6, 6.07) is 9.20. The Morgan fingerprint density at radius 3 is 1.23 bits per heavy atom. The minimum absolute atomic E-state index is 0.0727. The average molecular weight is 647 g/mol. The summed E-state index contributed by atoms with van der Waals surface area (Å²) in [7, 11) is 0. The standard InChI is InChI=1S/C44H74N2O/c1-3-5-7-9-11-13-15-17-19-21-23-25-27-29-31-33-38-46(44(47)43-37-35-36-42(40-43)41-45)39-34-32-30-28-26-24-22-20-18-16-14-12-10-8-6-4-2/h33-40H,3-32H2,1-2H3. The van der Waals surface area contributed by atoms with Gasteiger partial charge in [0.25, 0.3) is 5.91 Å². The minimum atomic E-state index is -0.0727. The first kappa shape index (κ1) is 42.7. The van der Waals surface area contributed by atoms with E-state index in [-0.39, 0.29) is 5.91 Å². The van der Waals surface area contributed by atoms with Crippen molar-refractivity contribution in [3.8, 4) is 6.07 Å². The topological polar surface area (TPSA) is 44.1 Å². The van der Waals surface area contributed by atoms with E-state index in [1.807, 2.05) is 12.4 Å². The number of nitrogens with zero attached hydrogens (tertiary/aromatic N) is 2. The molecule has 47 heavy (non-hydrogen) atoms. The molecule has 0 aliphatic rings. The molecule has 0 radical (unpaired) electrons. The number of amides is 1. The van der Waals surface area contributed by atoms with E-state index in [4.69, 9.17) is 0 Å². The Bertz CT molecular complexity index is 900. The van der Waals surface area contributed by atoms with Crippen LogP contribution >= 0.6 is 0 Å². The van der Waals surface area contributed by atoms with E-state index < -0.39 is 0 Å². The molecule has 0 saturated heterocycles. The van der Waals surface area contributed by atoms with Crippen LogP contribution in [0.3, 0.4) is 0 Å². The highest BCUT2D eigenvalue weighted by Gasteiger charge is 2.11. The van der Waals surface area contributed by atoms with Crippen molar-refractivity contribution in [2.75, 3.05) is 0 Å². The smallest absolute Gasteiger partial charge is 0.261 e. The number of allylic oxidation sites excluding steroid dienone is 2. The molecular formula is C44H74N2O. The molecule has 0 spiro atoms. The highest BCUT2D eigenvalue weighted by molar-refractivity contribution is 5.95. The Morgan fingerprint density at radius 2 is 0.894 bits per heavy atom. The van der Waals surface area contributed by atoms with Crippen LogP contribution in [0.2, 0.25) is 0 Å². The zero-order valence-electron chi connectivity index (χ0n) is 31.1. The number of unbranched alkanes of at least 4 members (excludes halogenated alkanes) is 28. The lowest BCUT2D eigenvalue weighted by molar-refractivity contribution is 0.0869. The van der Waals surface area contributed by atoms with Gasteiger partial charge in [-0.15, -0.1) is 0 Å². The summed E-state index contributed by atoms with van der Waals surface area (Å²) in [5.74, 6) is -0.0727. The summed E-state index contributed by atoms with van der Waals surface area (Å²) >= 11 is 0. The summed E-state index contributed by atoms with van der Waals surface area (Å²) in [4.78, 5) is 15.0. The molecule has 3 heteroatoms. The molecule has 3 nitrogen and oxygen atoms in total. The Hall–Kier alpha value is -2.34. The monoisotopic (exact) mass is 647 g/mol. The summed E-state index contributed by atoms with van der Waals surface area (Å²) < 4.78 is 0. The molecule has 0 aliphatic heterocycles. The third kappa shape index (κ3) is 26.3. The maximum absolute atomic E-state index is 13.3. The maximum Gasteiger partial charge on any atom is 0.261 e. The van der Waals surface area contributed by atoms with Crippen LogP contribution in [0.4, 0.5) is 0 Å². The van der Waals surface area contributed by atoms with Crippen molar-refractivity contribution >= 4 is 5.91 Å². The second-order valence-electron chi connectivity index (χ2n) is 13.9. The molecule has 1 aromatic rings. The van der Waals surface area contributed by atoms with E-state index in [9.17, 15) is 10.1 Å². The van der Waals surface area contributed by atoms with Crippen LogP contribution in [0, 0.1) is 11.3 Å². The van der Waals surface area contributed by atoms with Crippen LogP contribution in [0.1, 0.15) is 222 Å². The number of hydrogen-bond donors (Lipinski definition) is 0. The van der Waals surface area contributed by atoms with Crippen LogP contribution in [-0.2, 0) is 0 Å². The highest BCUT2D eigenvalue weighted by atomic mass is 16.2. The van der Waals surface area contributed by atoms with Crippen LogP contribution in [0.25, 0.3) is 0 Å². The van der Waals surface area contributed by atoms with Crippen LogP contribution in [0.5, 0.6) is 0 Å². The lowest BCUT2D eigenvalue weighted by Gasteiger charge is -2.14. The van der Waals surface area contributed by atoms with Crippen molar-refractivity contribution in [2.45, 2.75) is 206 Å². The van der Waals surface area contributed by atoms with E-state index in [2.05, 4.69) is 32.1 Å². The van der Waals surface area contributed by atoms with Gasteiger partial charge in [-0.05, 0) is 43.9 Å². The molecule has 266 valence electrons. The van der Waals surface area contributed by atoms with Gasteiger partial charge in [0.05, 0.1) is 11.6 Å². The third-order valence-corrected chi connectivity index (χ3v) is 9.45. The van der Waals surface area contributed by atoms with Crippen molar-refractivity contribution in [1.82, 2.24) is 4.90 Å². The number of rotatable bonds is 33. The molecule has 0 fully saturated rings. The van der Waals surface area contributed by atoms with Gasteiger partial charge in [0.15, 0.2) is 0 Å². The molecule has 0 saturated carbocycles. The summed E-state index contributed by atoms with van der Waals surface area (Å²) in [6.07, 6.45) is 48.4. The number of hydrogen-bond acceptors (Lipinski definition) is 2. The van der Waals surface area contributed by atoms with Crippen molar-refractivity contribution in [3.05, 3.63) is 59.9 Å². The normalized spacial score (nSPS) is 11.5. The first-order valence-electron chi connectivity index (χ1n) is 20.4. The third-order valence-electron chi connectivity index (χ3n) is 9.45. The lowest BCUT2D eigenvalue weighted by atomic mass is 10.0. The van der Waals surface area contributed by atoms with Gasteiger partial charge in [-0.3, -0.25) is 9.69 Å². The predicted octanol–water partition coefficient (Wildman–Crippen LogP) is 14.8. The molecule has 0 N–H and O–H groups in total. The molecule has 0 unspecified atom stereocenters. The summed E-state index contributed by atoms with van der Waals surface area (Å²) in [5, 5.41) is 9.30. The van der Waals surface area contributed by atoms with Crippen molar-refractivity contribution in [1.29, 1.82) is 5.26 Å². The van der Waals surface area contributed by atoms with Gasteiger partial charge in [-0.25, -0.2) is 0 Å². The van der Waals surface area contributed by atoms with Gasteiger partial charge in [-0.2, -0.15) is 5.26 Å². The fraction of sp³-hybridized carbons (Fsp3) is 0.727. The predicted molar refractivity (Wildman–Crippen MR) is 205 cm³/mol. The number of benzene rings is 1. The molecule has 1 amide bonds. The second-order valence-corrected chi connectivity index (χ2v) is 13.9. The molecule has 1 aromatic carbocycles. The fourth-order valence-corrected chi connectivity index (χ4v) is 6.35. The SMILES string of the molecule is CCCCCCCCCCCCCCCCC=CN(C=CCCCCCCCCCCCCCCCC)C(=O)c1cccc(C#N)c1. The Balaban J connectivity index is 2.25. The fourth-order valence-electron chi connectivity index (χ4n) is 6.35. The Labute approximate surface area is 292 Å². The molecule has 0 atom stereocenters. The zero-order chi connectivity index (χ0) is 33.9. The van der Waals surface area contributed by atoms with Gasteiger partial charge in [-0.1, -0.05) is 199 Å². The molecule has 0 aliphatic carbocycles. The van der Waals surface area contributed by atoms with Gasteiger partial charge in [0, 0.05) is 18.0 Å². The van der Waals surface area contributed by atoms with Gasteiger partial charge in [0.2, 0.25) is 0 Å². The summed E-state index contributed by atoms with van der Waals surface area (Å²) in [6.45, 7) is 4.57. The molecular weight excluding hydrogens is 572 g/mol. The highest BCUT2D eigenvalue weighted by Crippen LogP contribution is 2.16. The minimum Gasteiger partial charge on any atom is -0.291 e. The molecule has 0 heterocycles. The first-order valence-corrected chi connectivity index (χ1v) is 20.4. The number of carbonyl (C=O) groups excluding carboxylic acids is 1. The second kappa shape index (κ2) is 33.6. The average Bonchev–Trinajstić information content (AvgIpc) is 3.10. The van der Waals surface area contributed by atoms with Gasteiger partial charge >= 0.3 is 0 Å². The number of carbonyl (C=O) groups is 1. The molecule has 0 bridgehead atoms. The van der Waals surface area contributed by atoms with E-state index >= 15 is 0 Å². The Kier molecular flexibility index (Phi) is 30.5. The van der Waals surface area contributed by atoms with E-state index in [0.717, 1.165) is 12.8 Å². The van der Waals surface area contributed by atoms with E-state index in [0.29, 0.717) is 11.1 Å². The largest absolute Gasteiger partial charge is 0.291 e. The van der Waals surface area contributed by atoms with Crippen LogP contribution in [0.15, 0.2) is 48.8 Å². The quantitative estimate of drug-likeness (QED) is 0.0713. The van der Waals surface area contributed by atoms with E-state index in [1.54, 1.807) is 29.2 Å².